The molecule has 1 aromatic rings. The number of nitrogens with zero attached hydrogens (tertiary/aromatic N) is 2. The van der Waals surface area contributed by atoms with Crippen LogP contribution < -0.4 is 5.32 Å². The molecule has 3 atom stereocenters. The minimum absolute atomic E-state index is 0.383. The Hall–Kier alpha value is -0.940. The molecule has 0 spiro atoms. The summed E-state index contributed by atoms with van der Waals surface area (Å²) < 4.78 is 5.21. The second-order valence-corrected chi connectivity index (χ2v) is 5.09. The molecule has 2 fully saturated rings. The van der Waals surface area contributed by atoms with Crippen LogP contribution in [0.15, 0.2) is 4.52 Å². The normalized spacial score (nSPS) is 38.6. The third-order valence-corrected chi connectivity index (χ3v) is 3.64. The van der Waals surface area contributed by atoms with Crippen LogP contribution in [-0.4, -0.2) is 28.3 Å². The number of piperidine rings is 1. The molecular weight excluding hydrogens is 206 g/mol. The van der Waals surface area contributed by atoms with E-state index in [2.05, 4.69) is 22.4 Å². The highest BCUT2D eigenvalue weighted by molar-refractivity contribution is 5.10. The molecule has 1 aliphatic carbocycles. The van der Waals surface area contributed by atoms with E-state index < -0.39 is 5.60 Å². The summed E-state index contributed by atoms with van der Waals surface area (Å²) in [6, 6.07) is 0. The van der Waals surface area contributed by atoms with E-state index in [1.807, 2.05) is 0 Å². The van der Waals surface area contributed by atoms with Gasteiger partial charge in [0.2, 0.25) is 0 Å². The highest BCUT2D eigenvalue weighted by atomic mass is 16.5. The molecule has 1 aliphatic heterocycles. The quantitative estimate of drug-likeness (QED) is 0.774. The van der Waals surface area contributed by atoms with Crippen LogP contribution in [0.25, 0.3) is 0 Å². The van der Waals surface area contributed by atoms with Crippen molar-refractivity contribution in [1.82, 2.24) is 15.5 Å². The summed E-state index contributed by atoms with van der Waals surface area (Å²) in [6.45, 7) is 3.63. The predicted octanol–water partition coefficient (Wildman–Crippen LogP) is 0.764. The molecule has 2 heterocycles. The van der Waals surface area contributed by atoms with E-state index >= 15 is 0 Å². The summed E-state index contributed by atoms with van der Waals surface area (Å²) in [4.78, 5) is 4.35. The van der Waals surface area contributed by atoms with E-state index in [1.165, 1.54) is 0 Å². The summed E-state index contributed by atoms with van der Waals surface area (Å²) in [7, 11) is 0. The zero-order valence-electron chi connectivity index (χ0n) is 9.44. The molecule has 88 valence electrons. The van der Waals surface area contributed by atoms with Crippen LogP contribution in [0.3, 0.4) is 0 Å². The predicted molar refractivity (Wildman–Crippen MR) is 56.8 cm³/mol. The van der Waals surface area contributed by atoms with Gasteiger partial charge in [0, 0.05) is 12.5 Å². The SMILES string of the molecule is CC1CC1c1noc(C2(O)CCCNC2)n1. The first-order chi connectivity index (χ1) is 7.69. The van der Waals surface area contributed by atoms with E-state index in [1.54, 1.807) is 0 Å². The van der Waals surface area contributed by atoms with Crippen LogP contribution in [0, 0.1) is 5.92 Å². The van der Waals surface area contributed by atoms with Crippen LogP contribution in [0.2, 0.25) is 0 Å². The number of aliphatic hydroxyl groups is 1. The molecule has 0 bridgehead atoms. The minimum Gasteiger partial charge on any atom is -0.379 e. The van der Waals surface area contributed by atoms with Crippen molar-refractivity contribution in [3.05, 3.63) is 11.7 Å². The molecule has 0 radical (unpaired) electrons. The Morgan fingerprint density at radius 3 is 3.00 bits per heavy atom. The first-order valence-electron chi connectivity index (χ1n) is 5.96. The molecule has 2 aliphatic rings. The fourth-order valence-electron chi connectivity index (χ4n) is 2.33. The Morgan fingerprint density at radius 2 is 2.38 bits per heavy atom. The van der Waals surface area contributed by atoms with E-state index in [9.17, 15) is 5.11 Å². The maximum absolute atomic E-state index is 10.4. The Kier molecular flexibility index (Phi) is 2.26. The van der Waals surface area contributed by atoms with Gasteiger partial charge in [-0.05, 0) is 31.7 Å². The molecule has 3 rings (SSSR count). The zero-order valence-corrected chi connectivity index (χ0v) is 9.44. The van der Waals surface area contributed by atoms with Crippen molar-refractivity contribution in [3.8, 4) is 0 Å². The maximum atomic E-state index is 10.4. The van der Waals surface area contributed by atoms with Gasteiger partial charge < -0.3 is 14.9 Å². The van der Waals surface area contributed by atoms with Gasteiger partial charge in [0.25, 0.3) is 5.89 Å². The van der Waals surface area contributed by atoms with E-state index in [0.717, 1.165) is 25.2 Å². The molecule has 0 amide bonds. The van der Waals surface area contributed by atoms with Gasteiger partial charge in [0.05, 0.1) is 0 Å². The standard InChI is InChI=1S/C11H17N3O2/c1-7-5-8(7)9-13-10(16-14-9)11(15)3-2-4-12-6-11/h7-8,12,15H,2-6H2,1H3. The average molecular weight is 223 g/mol. The Morgan fingerprint density at radius 1 is 1.56 bits per heavy atom. The third kappa shape index (κ3) is 1.64. The lowest BCUT2D eigenvalue weighted by molar-refractivity contribution is -0.0167. The van der Waals surface area contributed by atoms with Gasteiger partial charge in [-0.25, -0.2) is 0 Å². The molecule has 3 unspecified atom stereocenters. The number of β-amino-alcohol motifs (C(OH)–C–C–N with tert-alkyl or cyclic N) is 1. The van der Waals surface area contributed by atoms with Gasteiger partial charge in [-0.15, -0.1) is 0 Å². The number of hydrogen-bond acceptors (Lipinski definition) is 5. The molecular formula is C11H17N3O2. The largest absolute Gasteiger partial charge is 0.379 e. The Balaban J connectivity index is 1.80. The van der Waals surface area contributed by atoms with Crippen molar-refractivity contribution in [2.24, 2.45) is 5.92 Å². The zero-order chi connectivity index (χ0) is 11.2. The van der Waals surface area contributed by atoms with Crippen molar-refractivity contribution in [2.45, 2.75) is 37.7 Å². The smallest absolute Gasteiger partial charge is 0.259 e. The topological polar surface area (TPSA) is 71.2 Å². The van der Waals surface area contributed by atoms with Gasteiger partial charge in [0.1, 0.15) is 0 Å². The van der Waals surface area contributed by atoms with E-state index in [0.29, 0.717) is 30.7 Å². The van der Waals surface area contributed by atoms with E-state index in [-0.39, 0.29) is 0 Å². The van der Waals surface area contributed by atoms with Gasteiger partial charge in [-0.3, -0.25) is 0 Å². The minimum atomic E-state index is -0.957. The third-order valence-electron chi connectivity index (χ3n) is 3.64. The van der Waals surface area contributed by atoms with Gasteiger partial charge in [-0.2, -0.15) is 4.98 Å². The summed E-state index contributed by atoms with van der Waals surface area (Å²) in [6.07, 6.45) is 2.77. The van der Waals surface area contributed by atoms with Crippen molar-refractivity contribution in [1.29, 1.82) is 0 Å². The van der Waals surface area contributed by atoms with Crippen molar-refractivity contribution >= 4 is 0 Å². The van der Waals surface area contributed by atoms with Crippen LogP contribution in [0.1, 0.15) is 43.8 Å². The average Bonchev–Trinajstić information content (AvgIpc) is 2.82. The second-order valence-electron chi connectivity index (χ2n) is 5.09. The first kappa shape index (κ1) is 10.2. The number of hydrogen-bond donors (Lipinski definition) is 2. The summed E-state index contributed by atoms with van der Waals surface area (Å²) >= 11 is 0. The van der Waals surface area contributed by atoms with Gasteiger partial charge >= 0.3 is 0 Å². The van der Waals surface area contributed by atoms with Crippen molar-refractivity contribution in [3.63, 3.8) is 0 Å². The maximum Gasteiger partial charge on any atom is 0.259 e. The summed E-state index contributed by atoms with van der Waals surface area (Å²) in [5, 5.41) is 17.5. The van der Waals surface area contributed by atoms with Crippen molar-refractivity contribution < 1.29 is 9.63 Å². The highest BCUT2D eigenvalue weighted by Crippen LogP contribution is 2.45. The highest BCUT2D eigenvalue weighted by Gasteiger charge is 2.41. The fourth-order valence-corrected chi connectivity index (χ4v) is 2.33. The first-order valence-corrected chi connectivity index (χ1v) is 5.96. The second kappa shape index (κ2) is 3.53. The molecule has 2 N–H and O–H groups in total. The summed E-state index contributed by atoms with van der Waals surface area (Å²) in [5.41, 5.74) is -0.957. The monoisotopic (exact) mass is 223 g/mol. The lowest BCUT2D eigenvalue weighted by Crippen LogP contribution is -2.43. The van der Waals surface area contributed by atoms with Crippen LogP contribution in [-0.2, 0) is 5.60 Å². The van der Waals surface area contributed by atoms with Crippen LogP contribution >= 0.6 is 0 Å². The number of rotatable bonds is 2. The molecule has 5 nitrogen and oxygen atoms in total. The number of aromatic nitrogens is 2. The molecule has 1 saturated carbocycles. The van der Waals surface area contributed by atoms with Gasteiger partial charge in [0.15, 0.2) is 11.4 Å². The van der Waals surface area contributed by atoms with Crippen LogP contribution in [0.4, 0.5) is 0 Å². The van der Waals surface area contributed by atoms with E-state index in [4.69, 9.17) is 4.52 Å². The molecule has 1 saturated heterocycles. The lowest BCUT2D eigenvalue weighted by atomic mass is 9.94. The lowest BCUT2D eigenvalue weighted by Gasteiger charge is -2.28. The molecule has 16 heavy (non-hydrogen) atoms. The van der Waals surface area contributed by atoms with Crippen molar-refractivity contribution in [2.75, 3.05) is 13.1 Å². The Bertz CT molecular complexity index is 384. The Labute approximate surface area is 94.2 Å². The number of nitrogens with one attached hydrogen (secondary N) is 1. The molecule has 1 aromatic heterocycles. The summed E-state index contributed by atoms with van der Waals surface area (Å²) in [5.74, 6) is 2.25. The molecule has 5 heteroatoms. The fraction of sp³-hybridized carbons (Fsp3) is 0.818. The van der Waals surface area contributed by atoms with Crippen LogP contribution in [0.5, 0.6) is 0 Å². The van der Waals surface area contributed by atoms with Gasteiger partial charge in [-0.1, -0.05) is 12.1 Å². The molecule has 0 aromatic carbocycles.